The molecular weight excluding hydrogens is 421 g/mol. The average Bonchev–Trinajstić information content (AvgIpc) is 2.80. The summed E-state index contributed by atoms with van der Waals surface area (Å²) in [6.07, 6.45) is 2.83. The summed E-state index contributed by atoms with van der Waals surface area (Å²) in [5, 5.41) is 11.2. The number of benzene rings is 1. The van der Waals surface area contributed by atoms with Crippen LogP contribution in [0.4, 0.5) is 19.1 Å². The molecule has 0 radical (unpaired) electrons. The van der Waals surface area contributed by atoms with Crippen molar-refractivity contribution in [2.75, 3.05) is 37.6 Å². The van der Waals surface area contributed by atoms with E-state index >= 15 is 0 Å². The normalized spacial score (nSPS) is 18.5. The minimum atomic E-state index is -4.37. The van der Waals surface area contributed by atoms with E-state index < -0.39 is 11.7 Å². The molecule has 7 nitrogen and oxygen atoms in total. The van der Waals surface area contributed by atoms with Gasteiger partial charge in [-0.1, -0.05) is 31.4 Å². The van der Waals surface area contributed by atoms with Gasteiger partial charge in [-0.15, -0.1) is 5.10 Å². The lowest BCUT2D eigenvalue weighted by atomic mass is 9.95. The van der Waals surface area contributed by atoms with Crippen LogP contribution in [0, 0.1) is 0 Å². The second-order valence-corrected chi connectivity index (χ2v) is 8.38. The maximum Gasteiger partial charge on any atom is 0.416 e. The molecule has 1 aliphatic carbocycles. The van der Waals surface area contributed by atoms with Crippen molar-refractivity contribution in [1.29, 1.82) is 0 Å². The summed E-state index contributed by atoms with van der Waals surface area (Å²) in [7, 11) is 0. The topological polar surface area (TPSA) is 74.2 Å². The lowest BCUT2D eigenvalue weighted by Gasteiger charge is -2.34. The van der Waals surface area contributed by atoms with E-state index in [1.807, 2.05) is 4.90 Å². The first kappa shape index (κ1) is 22.4. The van der Waals surface area contributed by atoms with Crippen molar-refractivity contribution in [1.82, 2.24) is 25.4 Å². The van der Waals surface area contributed by atoms with E-state index in [4.69, 9.17) is 0 Å². The largest absolute Gasteiger partial charge is 0.416 e. The molecule has 172 valence electrons. The van der Waals surface area contributed by atoms with Gasteiger partial charge in [0.25, 0.3) is 0 Å². The molecule has 1 saturated heterocycles. The second kappa shape index (κ2) is 9.81. The van der Waals surface area contributed by atoms with Crippen molar-refractivity contribution in [2.45, 2.75) is 44.3 Å². The number of piperazine rings is 1. The van der Waals surface area contributed by atoms with Gasteiger partial charge in [0.2, 0.25) is 11.9 Å². The number of nitrogens with one attached hydrogen (secondary N) is 1. The van der Waals surface area contributed by atoms with Crippen molar-refractivity contribution < 1.29 is 18.0 Å². The Bertz CT molecular complexity index is 907. The summed E-state index contributed by atoms with van der Waals surface area (Å²) >= 11 is 0. The van der Waals surface area contributed by atoms with Gasteiger partial charge in [-0.2, -0.15) is 18.3 Å². The molecule has 1 N–H and O–H groups in total. The predicted octanol–water partition coefficient (Wildman–Crippen LogP) is 3.13. The smallest absolute Gasteiger partial charge is 0.352 e. The van der Waals surface area contributed by atoms with Crippen molar-refractivity contribution in [2.24, 2.45) is 0 Å². The van der Waals surface area contributed by atoms with Crippen LogP contribution in [-0.2, 0) is 11.0 Å². The first-order chi connectivity index (χ1) is 15.4. The van der Waals surface area contributed by atoms with Crippen LogP contribution in [0.25, 0.3) is 11.3 Å². The molecule has 1 aromatic carbocycles. The van der Waals surface area contributed by atoms with Gasteiger partial charge in [0.15, 0.2) is 0 Å². The van der Waals surface area contributed by atoms with Crippen LogP contribution in [0.1, 0.15) is 37.7 Å². The lowest BCUT2D eigenvalue weighted by molar-refractivity contribution is -0.137. The maximum atomic E-state index is 12.8. The number of hydrogen-bond donors (Lipinski definition) is 1. The SMILES string of the molecule is O=C(CN1CCN(c2nncc(-c3ccc(C(F)(F)F)cc3)n2)CC1)NC1CCCCC1. The molecule has 0 bridgehead atoms. The number of rotatable bonds is 5. The van der Waals surface area contributed by atoms with Crippen LogP contribution < -0.4 is 10.2 Å². The molecule has 2 fully saturated rings. The first-order valence-electron chi connectivity index (χ1n) is 11.0. The predicted molar refractivity (Wildman–Crippen MR) is 114 cm³/mol. The molecule has 1 aliphatic heterocycles. The highest BCUT2D eigenvalue weighted by Gasteiger charge is 2.30. The van der Waals surface area contributed by atoms with Gasteiger partial charge in [0.1, 0.15) is 0 Å². The number of halogens is 3. The van der Waals surface area contributed by atoms with E-state index in [1.54, 1.807) is 0 Å². The summed E-state index contributed by atoms with van der Waals surface area (Å²) in [5.41, 5.74) is 0.317. The number of carbonyl (C=O) groups is 1. The lowest BCUT2D eigenvalue weighted by Crippen LogP contribution is -2.51. The van der Waals surface area contributed by atoms with Gasteiger partial charge < -0.3 is 10.2 Å². The zero-order valence-electron chi connectivity index (χ0n) is 17.8. The number of carbonyl (C=O) groups excluding carboxylic acids is 1. The molecule has 0 atom stereocenters. The molecule has 1 aromatic heterocycles. The average molecular weight is 448 g/mol. The Morgan fingerprint density at radius 1 is 1.03 bits per heavy atom. The molecule has 4 rings (SSSR count). The van der Waals surface area contributed by atoms with E-state index in [0.29, 0.717) is 56.0 Å². The van der Waals surface area contributed by atoms with Crippen LogP contribution in [0.2, 0.25) is 0 Å². The van der Waals surface area contributed by atoms with Crippen LogP contribution in [-0.4, -0.2) is 64.8 Å². The number of nitrogens with zero attached hydrogens (tertiary/aromatic N) is 5. The van der Waals surface area contributed by atoms with Crippen LogP contribution >= 0.6 is 0 Å². The molecule has 10 heteroatoms. The number of hydrogen-bond acceptors (Lipinski definition) is 6. The Labute approximate surface area is 185 Å². The summed E-state index contributed by atoms with van der Waals surface area (Å²) < 4.78 is 38.4. The van der Waals surface area contributed by atoms with Crippen molar-refractivity contribution >= 4 is 11.9 Å². The first-order valence-corrected chi connectivity index (χ1v) is 11.0. The molecule has 32 heavy (non-hydrogen) atoms. The maximum absolute atomic E-state index is 12.8. The summed E-state index contributed by atoms with van der Waals surface area (Å²) in [6, 6.07) is 5.16. The minimum Gasteiger partial charge on any atom is -0.352 e. The Balaban J connectivity index is 1.31. The van der Waals surface area contributed by atoms with E-state index in [2.05, 4.69) is 25.4 Å². The Kier molecular flexibility index (Phi) is 6.88. The highest BCUT2D eigenvalue weighted by Crippen LogP contribution is 2.30. The second-order valence-electron chi connectivity index (χ2n) is 8.38. The molecule has 1 saturated carbocycles. The molecule has 1 amide bonds. The van der Waals surface area contributed by atoms with Crippen molar-refractivity contribution in [3.05, 3.63) is 36.0 Å². The molecule has 2 aromatic rings. The van der Waals surface area contributed by atoms with E-state index in [9.17, 15) is 18.0 Å². The quantitative estimate of drug-likeness (QED) is 0.758. The van der Waals surface area contributed by atoms with Crippen LogP contribution in [0.15, 0.2) is 30.5 Å². The van der Waals surface area contributed by atoms with Crippen LogP contribution in [0.5, 0.6) is 0 Å². The zero-order valence-corrected chi connectivity index (χ0v) is 17.8. The molecule has 2 heterocycles. The van der Waals surface area contributed by atoms with E-state index in [0.717, 1.165) is 25.0 Å². The van der Waals surface area contributed by atoms with Gasteiger partial charge in [-0.05, 0) is 25.0 Å². The standard InChI is InChI=1S/C22H27F3N6O/c23-22(24,25)17-8-6-16(7-9-17)19-14-26-29-21(28-19)31-12-10-30(11-13-31)15-20(32)27-18-4-2-1-3-5-18/h6-9,14,18H,1-5,10-13,15H2,(H,27,32). The Morgan fingerprint density at radius 2 is 1.72 bits per heavy atom. The van der Waals surface area contributed by atoms with E-state index in [-0.39, 0.29) is 5.91 Å². The monoisotopic (exact) mass is 448 g/mol. The highest BCUT2D eigenvalue weighted by molar-refractivity contribution is 5.78. The number of amides is 1. The molecular formula is C22H27F3N6O. The summed E-state index contributed by atoms with van der Waals surface area (Å²) in [5.74, 6) is 0.515. The van der Waals surface area contributed by atoms with Gasteiger partial charge in [-0.25, -0.2) is 4.98 Å². The summed E-state index contributed by atoms with van der Waals surface area (Å²) in [4.78, 5) is 20.9. The molecule has 2 aliphatic rings. The van der Waals surface area contributed by atoms with E-state index in [1.165, 1.54) is 37.6 Å². The third-order valence-corrected chi connectivity index (χ3v) is 6.05. The van der Waals surface area contributed by atoms with Crippen molar-refractivity contribution in [3.8, 4) is 11.3 Å². The number of aromatic nitrogens is 3. The van der Waals surface area contributed by atoms with Gasteiger partial charge in [0, 0.05) is 37.8 Å². The molecule has 0 spiro atoms. The minimum absolute atomic E-state index is 0.0765. The molecule has 0 unspecified atom stereocenters. The van der Waals surface area contributed by atoms with Gasteiger partial charge in [-0.3, -0.25) is 9.69 Å². The van der Waals surface area contributed by atoms with Crippen molar-refractivity contribution in [3.63, 3.8) is 0 Å². The van der Waals surface area contributed by atoms with Crippen LogP contribution in [0.3, 0.4) is 0 Å². The number of anilines is 1. The highest BCUT2D eigenvalue weighted by atomic mass is 19.4. The fraction of sp³-hybridized carbons (Fsp3) is 0.545. The fourth-order valence-electron chi connectivity index (χ4n) is 4.23. The summed E-state index contributed by atoms with van der Waals surface area (Å²) in [6.45, 7) is 3.08. The Hall–Kier alpha value is -2.75. The Morgan fingerprint density at radius 3 is 2.38 bits per heavy atom. The van der Waals surface area contributed by atoms with Gasteiger partial charge >= 0.3 is 6.18 Å². The number of alkyl halides is 3. The fourth-order valence-corrected chi connectivity index (χ4v) is 4.23. The third-order valence-electron chi connectivity index (χ3n) is 6.05. The zero-order chi connectivity index (χ0) is 22.6. The third kappa shape index (κ3) is 5.73. The van der Waals surface area contributed by atoms with Gasteiger partial charge in [0.05, 0.1) is 24.0 Å².